The number of thioether (sulfide) groups is 1. The summed E-state index contributed by atoms with van der Waals surface area (Å²) in [4.78, 5) is 28.1. The minimum atomic E-state index is -1.03. The zero-order valence-corrected chi connectivity index (χ0v) is 15.4. The lowest BCUT2D eigenvalue weighted by molar-refractivity contribution is -0.163. The molecule has 1 amide bonds. The molecule has 0 spiro atoms. The molecule has 3 heterocycles. The molecule has 1 aromatic heterocycles. The van der Waals surface area contributed by atoms with Crippen LogP contribution in [0.3, 0.4) is 0 Å². The Kier molecular flexibility index (Phi) is 6.66. The van der Waals surface area contributed by atoms with Crippen molar-refractivity contribution in [3.05, 3.63) is 17.8 Å². The standard InChI is InChI=1S/C17H23N3O6S/c21-7-10(22)5-13-11(2-3-12(26-13)17(24)25)18-6-9-1-4-14-16(19-9)20-15(23)8-27-14/h1,4,10-13,18,21-22H,2-3,5-8H2,(H,24,25)(H,19,20,23)/t10-,11-,12+,13-/m1/s1. The Morgan fingerprint density at radius 3 is 3.00 bits per heavy atom. The van der Waals surface area contributed by atoms with Crippen LogP contribution in [-0.2, 0) is 20.9 Å². The molecule has 0 aromatic carbocycles. The number of nitrogens with one attached hydrogen (secondary N) is 2. The topological polar surface area (TPSA) is 141 Å². The van der Waals surface area contributed by atoms with Gasteiger partial charge in [-0.25, -0.2) is 9.78 Å². The van der Waals surface area contributed by atoms with Crippen LogP contribution in [0.25, 0.3) is 0 Å². The predicted molar refractivity (Wildman–Crippen MR) is 97.5 cm³/mol. The number of carboxylic acid groups (broad SMARTS) is 1. The van der Waals surface area contributed by atoms with Gasteiger partial charge in [0.2, 0.25) is 5.91 Å². The van der Waals surface area contributed by atoms with Crippen molar-refractivity contribution >= 4 is 29.5 Å². The second-order valence-corrected chi connectivity index (χ2v) is 7.64. The first-order valence-corrected chi connectivity index (χ1v) is 9.78. The smallest absolute Gasteiger partial charge is 0.332 e. The molecule has 0 radical (unpaired) electrons. The number of carboxylic acids is 1. The van der Waals surface area contributed by atoms with E-state index in [-0.39, 0.29) is 18.4 Å². The quantitative estimate of drug-likeness (QED) is 0.428. The lowest BCUT2D eigenvalue weighted by Crippen LogP contribution is -2.50. The summed E-state index contributed by atoms with van der Waals surface area (Å²) in [7, 11) is 0. The van der Waals surface area contributed by atoms with Crippen molar-refractivity contribution in [2.24, 2.45) is 0 Å². The molecule has 0 aliphatic carbocycles. The van der Waals surface area contributed by atoms with Gasteiger partial charge in [-0.1, -0.05) is 0 Å². The lowest BCUT2D eigenvalue weighted by atomic mass is 9.94. The van der Waals surface area contributed by atoms with Gasteiger partial charge in [0.25, 0.3) is 0 Å². The van der Waals surface area contributed by atoms with Crippen LogP contribution in [0.1, 0.15) is 25.0 Å². The molecule has 2 aliphatic heterocycles. The number of ether oxygens (including phenoxy) is 1. The van der Waals surface area contributed by atoms with E-state index in [9.17, 15) is 19.8 Å². The van der Waals surface area contributed by atoms with Crippen molar-refractivity contribution in [2.45, 2.75) is 55.1 Å². The summed E-state index contributed by atoms with van der Waals surface area (Å²) in [6.45, 7) is -0.000632. The predicted octanol–water partition coefficient (Wildman–Crippen LogP) is -0.0405. The summed E-state index contributed by atoms with van der Waals surface area (Å²) in [5.74, 6) is -0.176. The van der Waals surface area contributed by atoms with Gasteiger partial charge in [-0.2, -0.15) is 0 Å². The van der Waals surface area contributed by atoms with Crippen molar-refractivity contribution in [3.8, 4) is 0 Å². The Morgan fingerprint density at radius 2 is 2.26 bits per heavy atom. The van der Waals surface area contributed by atoms with E-state index < -0.39 is 30.9 Å². The second kappa shape index (κ2) is 8.98. The third-order valence-corrected chi connectivity index (χ3v) is 5.64. The van der Waals surface area contributed by atoms with E-state index in [4.69, 9.17) is 9.84 Å². The Bertz CT molecular complexity index is 703. The van der Waals surface area contributed by atoms with Crippen LogP contribution < -0.4 is 10.6 Å². The van der Waals surface area contributed by atoms with E-state index >= 15 is 0 Å². The summed E-state index contributed by atoms with van der Waals surface area (Å²) in [6, 6.07) is 3.61. The average Bonchev–Trinajstić information content (AvgIpc) is 2.66. The number of carbonyl (C=O) groups is 2. The monoisotopic (exact) mass is 397 g/mol. The van der Waals surface area contributed by atoms with Gasteiger partial charge in [-0.05, 0) is 25.0 Å². The van der Waals surface area contributed by atoms with Crippen LogP contribution in [0, 0.1) is 0 Å². The van der Waals surface area contributed by atoms with Crippen LogP contribution in [0.4, 0.5) is 5.82 Å². The first-order chi connectivity index (χ1) is 13.0. The summed E-state index contributed by atoms with van der Waals surface area (Å²) in [5, 5.41) is 34.0. The number of nitrogens with zero attached hydrogens (tertiary/aromatic N) is 1. The summed E-state index contributed by atoms with van der Waals surface area (Å²) in [5.41, 5.74) is 0.735. The van der Waals surface area contributed by atoms with Crippen molar-refractivity contribution in [1.82, 2.24) is 10.3 Å². The Morgan fingerprint density at radius 1 is 1.44 bits per heavy atom. The maximum absolute atomic E-state index is 11.5. The fraction of sp³-hybridized carbons (Fsp3) is 0.588. The Balaban J connectivity index is 1.63. The van der Waals surface area contributed by atoms with Crippen LogP contribution in [-0.4, -0.2) is 68.9 Å². The molecule has 1 aromatic rings. The highest BCUT2D eigenvalue weighted by atomic mass is 32.2. The molecule has 0 bridgehead atoms. The average molecular weight is 397 g/mol. The molecule has 3 rings (SSSR count). The molecule has 1 fully saturated rings. The number of aliphatic hydroxyl groups excluding tert-OH is 2. The summed E-state index contributed by atoms with van der Waals surface area (Å²) < 4.78 is 5.61. The van der Waals surface area contributed by atoms with Crippen molar-refractivity contribution in [2.75, 3.05) is 17.7 Å². The largest absolute Gasteiger partial charge is 0.479 e. The van der Waals surface area contributed by atoms with Gasteiger partial charge in [0.05, 0.1) is 35.2 Å². The number of anilines is 1. The number of aliphatic hydroxyl groups is 2. The van der Waals surface area contributed by atoms with Gasteiger partial charge in [0.15, 0.2) is 6.10 Å². The van der Waals surface area contributed by atoms with Gasteiger partial charge in [-0.3, -0.25) is 4.79 Å². The van der Waals surface area contributed by atoms with Crippen molar-refractivity contribution in [1.29, 1.82) is 0 Å². The number of aliphatic carboxylic acids is 1. The van der Waals surface area contributed by atoms with Crippen LogP contribution in [0.15, 0.2) is 17.0 Å². The van der Waals surface area contributed by atoms with Crippen LogP contribution in [0.5, 0.6) is 0 Å². The molecule has 1 saturated heterocycles. The van der Waals surface area contributed by atoms with Gasteiger partial charge in [0.1, 0.15) is 5.82 Å². The van der Waals surface area contributed by atoms with Gasteiger partial charge >= 0.3 is 5.97 Å². The number of aromatic nitrogens is 1. The first-order valence-electron chi connectivity index (χ1n) is 8.79. The summed E-state index contributed by atoms with van der Waals surface area (Å²) >= 11 is 1.44. The first kappa shape index (κ1) is 20.0. The number of amides is 1. The van der Waals surface area contributed by atoms with E-state index in [1.807, 2.05) is 12.1 Å². The third-order valence-electron chi connectivity index (χ3n) is 4.60. The van der Waals surface area contributed by atoms with Gasteiger partial charge in [-0.15, -0.1) is 11.8 Å². The van der Waals surface area contributed by atoms with Crippen LogP contribution in [0.2, 0.25) is 0 Å². The highest BCUT2D eigenvalue weighted by Crippen LogP contribution is 2.30. The molecular formula is C17H23N3O6S. The van der Waals surface area contributed by atoms with Crippen LogP contribution >= 0.6 is 11.8 Å². The highest BCUT2D eigenvalue weighted by molar-refractivity contribution is 8.00. The van der Waals surface area contributed by atoms with E-state index in [1.54, 1.807) is 0 Å². The number of rotatable bonds is 7. The molecule has 10 heteroatoms. The fourth-order valence-electron chi connectivity index (χ4n) is 3.21. The van der Waals surface area contributed by atoms with E-state index in [2.05, 4.69) is 15.6 Å². The SMILES string of the molecule is O=C1CSc2ccc(CN[C@@H]3CC[C@@H](C(=O)O)O[C@@H]3C[C@@H](O)CO)nc2N1. The minimum absolute atomic E-state index is 0.0800. The zero-order chi connectivity index (χ0) is 19.4. The fourth-order valence-corrected chi connectivity index (χ4v) is 3.96. The molecule has 2 aliphatic rings. The third kappa shape index (κ3) is 5.17. The molecule has 0 unspecified atom stereocenters. The number of hydrogen-bond acceptors (Lipinski definition) is 8. The number of pyridine rings is 1. The molecule has 27 heavy (non-hydrogen) atoms. The van der Waals surface area contributed by atoms with Crippen molar-refractivity contribution in [3.63, 3.8) is 0 Å². The molecular weight excluding hydrogens is 374 g/mol. The summed E-state index contributed by atoms with van der Waals surface area (Å²) in [6.07, 6.45) is -1.34. The molecule has 148 valence electrons. The minimum Gasteiger partial charge on any atom is -0.479 e. The molecule has 9 nitrogen and oxygen atoms in total. The maximum atomic E-state index is 11.5. The zero-order valence-electron chi connectivity index (χ0n) is 14.6. The lowest BCUT2D eigenvalue weighted by Gasteiger charge is -2.36. The second-order valence-electron chi connectivity index (χ2n) is 6.62. The van der Waals surface area contributed by atoms with Crippen molar-refractivity contribution < 1.29 is 29.6 Å². The van der Waals surface area contributed by atoms with Gasteiger partial charge < -0.3 is 30.7 Å². The van der Waals surface area contributed by atoms with E-state index in [1.165, 1.54) is 11.8 Å². The van der Waals surface area contributed by atoms with Gasteiger partial charge in [0, 0.05) is 19.0 Å². The Labute approximate surface area is 160 Å². The number of carbonyl (C=O) groups excluding carboxylic acids is 1. The molecule has 4 atom stereocenters. The molecule has 5 N–H and O–H groups in total. The highest BCUT2D eigenvalue weighted by Gasteiger charge is 2.35. The van der Waals surface area contributed by atoms with E-state index in [0.717, 1.165) is 10.6 Å². The number of fused-ring (bicyclic) bond motifs is 1. The number of hydrogen-bond donors (Lipinski definition) is 5. The van der Waals surface area contributed by atoms with E-state index in [0.29, 0.717) is 31.0 Å². The molecule has 0 saturated carbocycles. The normalized spacial score (nSPS) is 26.1. The Hall–Kier alpha value is -1.72. The maximum Gasteiger partial charge on any atom is 0.332 e.